The van der Waals surface area contributed by atoms with Gasteiger partial charge in [-0.05, 0) is 42.9 Å². The maximum absolute atomic E-state index is 12.6. The number of hydrogen-bond acceptors (Lipinski definition) is 4. The number of ether oxygens (including phenoxy) is 2. The molecule has 0 saturated heterocycles. The highest BCUT2D eigenvalue weighted by molar-refractivity contribution is 5.95. The summed E-state index contributed by atoms with van der Waals surface area (Å²) in [5.41, 5.74) is 0.838. The van der Waals surface area contributed by atoms with Crippen LogP contribution < -0.4 is 0 Å². The molecule has 290 valence electrons. The normalized spacial score (nSPS) is 11.5. The molecule has 0 atom stereocenters. The standard InChI is InChI=1S/C46H82O4/c1-41(2)34-29-25-21-17-13-9-5-7-11-15-19-23-27-31-38-49-45(47)43-36-33-37-44(40-43)46(48)50-39-32-28-24-20-16-12-8-6-10-14-18-22-26-30-35-42(3)4/h33,36-37,40-42H,5-32,34-35,38-39H2,1-4H3. The van der Waals surface area contributed by atoms with Crippen molar-refractivity contribution in [3.8, 4) is 0 Å². The Balaban J connectivity index is 1.94. The summed E-state index contributed by atoms with van der Waals surface area (Å²) in [7, 11) is 0. The Kier molecular flexibility index (Phi) is 31.6. The van der Waals surface area contributed by atoms with Crippen LogP contribution in [0.15, 0.2) is 24.3 Å². The number of carbonyl (C=O) groups is 2. The molecule has 0 heterocycles. The van der Waals surface area contributed by atoms with E-state index in [0.29, 0.717) is 24.3 Å². The zero-order valence-electron chi connectivity index (χ0n) is 33.7. The minimum Gasteiger partial charge on any atom is -0.462 e. The van der Waals surface area contributed by atoms with Gasteiger partial charge in [0.15, 0.2) is 0 Å². The molecule has 0 saturated carbocycles. The third-order valence-corrected chi connectivity index (χ3v) is 10.2. The summed E-state index contributed by atoms with van der Waals surface area (Å²) in [6.45, 7) is 10.2. The van der Waals surface area contributed by atoms with Gasteiger partial charge in [-0.2, -0.15) is 0 Å². The SMILES string of the molecule is CC(C)CCCCCCCCCCCCCCCCOC(=O)c1cccc(C(=O)OCCCCCCCCCCCCCCCCC(C)C)c1. The lowest BCUT2D eigenvalue weighted by Crippen LogP contribution is -2.10. The Morgan fingerprint density at radius 2 is 0.640 bits per heavy atom. The monoisotopic (exact) mass is 699 g/mol. The second-order valence-corrected chi connectivity index (χ2v) is 16.1. The Bertz CT molecular complexity index is 838. The lowest BCUT2D eigenvalue weighted by atomic mass is 10.0. The molecule has 0 spiro atoms. The first-order valence-electron chi connectivity index (χ1n) is 21.8. The second-order valence-electron chi connectivity index (χ2n) is 16.1. The van der Waals surface area contributed by atoms with Crippen LogP contribution in [-0.4, -0.2) is 25.2 Å². The summed E-state index contributed by atoms with van der Waals surface area (Å²) in [5.74, 6) is 0.994. The molecule has 1 aromatic rings. The van der Waals surface area contributed by atoms with Gasteiger partial charge in [-0.25, -0.2) is 9.59 Å². The molecule has 0 aliphatic heterocycles. The van der Waals surface area contributed by atoms with Gasteiger partial charge in [0.1, 0.15) is 0 Å². The molecule has 0 bridgehead atoms. The molecule has 0 radical (unpaired) electrons. The first kappa shape index (κ1) is 46.2. The van der Waals surface area contributed by atoms with Crippen LogP contribution in [0.2, 0.25) is 0 Å². The van der Waals surface area contributed by atoms with Gasteiger partial charge in [0.25, 0.3) is 0 Å². The zero-order valence-corrected chi connectivity index (χ0v) is 33.7. The van der Waals surface area contributed by atoms with E-state index < -0.39 is 0 Å². The van der Waals surface area contributed by atoms with Crippen molar-refractivity contribution in [1.82, 2.24) is 0 Å². The van der Waals surface area contributed by atoms with E-state index in [4.69, 9.17) is 9.47 Å². The van der Waals surface area contributed by atoms with Crippen molar-refractivity contribution in [2.75, 3.05) is 13.2 Å². The maximum Gasteiger partial charge on any atom is 0.338 e. The van der Waals surface area contributed by atoms with Crippen molar-refractivity contribution in [3.63, 3.8) is 0 Å². The lowest BCUT2D eigenvalue weighted by Gasteiger charge is -2.08. The highest BCUT2D eigenvalue weighted by Crippen LogP contribution is 2.17. The van der Waals surface area contributed by atoms with E-state index in [1.165, 1.54) is 167 Å². The van der Waals surface area contributed by atoms with Crippen molar-refractivity contribution in [2.45, 2.75) is 220 Å². The fraction of sp³-hybridized carbons (Fsp3) is 0.826. The molecule has 0 fully saturated rings. The number of benzene rings is 1. The summed E-state index contributed by atoms with van der Waals surface area (Å²) >= 11 is 0. The van der Waals surface area contributed by atoms with E-state index in [1.54, 1.807) is 24.3 Å². The highest BCUT2D eigenvalue weighted by atomic mass is 16.5. The summed E-state index contributed by atoms with van der Waals surface area (Å²) in [5, 5.41) is 0. The van der Waals surface area contributed by atoms with Gasteiger partial charge in [0, 0.05) is 0 Å². The van der Waals surface area contributed by atoms with Crippen LogP contribution in [0.1, 0.15) is 241 Å². The largest absolute Gasteiger partial charge is 0.462 e. The summed E-state index contributed by atoms with van der Waals surface area (Å²) in [6.07, 6.45) is 39.5. The summed E-state index contributed by atoms with van der Waals surface area (Å²) < 4.78 is 11.0. The Hall–Kier alpha value is -1.84. The molecular formula is C46H82O4. The van der Waals surface area contributed by atoms with Gasteiger partial charge in [0.2, 0.25) is 0 Å². The Morgan fingerprint density at radius 3 is 0.900 bits per heavy atom. The van der Waals surface area contributed by atoms with Gasteiger partial charge in [0.05, 0.1) is 24.3 Å². The van der Waals surface area contributed by atoms with Crippen LogP contribution in [0, 0.1) is 11.8 Å². The van der Waals surface area contributed by atoms with E-state index in [1.807, 2.05) is 0 Å². The molecule has 0 aliphatic carbocycles. The van der Waals surface area contributed by atoms with Crippen LogP contribution >= 0.6 is 0 Å². The quantitative estimate of drug-likeness (QED) is 0.0517. The first-order chi connectivity index (χ1) is 24.4. The lowest BCUT2D eigenvalue weighted by molar-refractivity contribution is 0.0496. The topological polar surface area (TPSA) is 52.6 Å². The summed E-state index contributed by atoms with van der Waals surface area (Å²) in [4.78, 5) is 25.1. The molecule has 0 aliphatic rings. The van der Waals surface area contributed by atoms with E-state index in [9.17, 15) is 9.59 Å². The van der Waals surface area contributed by atoms with Gasteiger partial charge in [-0.15, -0.1) is 0 Å². The van der Waals surface area contributed by atoms with E-state index in [2.05, 4.69) is 27.7 Å². The molecule has 4 nitrogen and oxygen atoms in total. The summed E-state index contributed by atoms with van der Waals surface area (Å²) in [6, 6.07) is 6.76. The van der Waals surface area contributed by atoms with Crippen molar-refractivity contribution >= 4 is 11.9 Å². The Labute approximate surface area is 311 Å². The third kappa shape index (κ3) is 29.8. The van der Waals surface area contributed by atoms with Gasteiger partial charge in [-0.1, -0.05) is 214 Å². The fourth-order valence-electron chi connectivity index (χ4n) is 6.82. The minimum absolute atomic E-state index is 0.359. The molecule has 0 N–H and O–H groups in total. The third-order valence-electron chi connectivity index (χ3n) is 10.2. The van der Waals surface area contributed by atoms with Crippen LogP contribution in [-0.2, 0) is 9.47 Å². The number of carbonyl (C=O) groups excluding carboxylic acids is 2. The molecule has 4 heteroatoms. The number of rotatable bonds is 36. The van der Waals surface area contributed by atoms with Crippen LogP contribution in [0.3, 0.4) is 0 Å². The molecule has 0 aromatic heterocycles. The molecule has 1 aromatic carbocycles. The number of unbranched alkanes of at least 4 members (excludes halogenated alkanes) is 26. The van der Waals surface area contributed by atoms with Gasteiger partial charge in [-0.3, -0.25) is 0 Å². The molecule has 0 unspecified atom stereocenters. The van der Waals surface area contributed by atoms with Gasteiger partial charge < -0.3 is 9.47 Å². The van der Waals surface area contributed by atoms with E-state index in [0.717, 1.165) is 37.5 Å². The van der Waals surface area contributed by atoms with Crippen molar-refractivity contribution in [3.05, 3.63) is 35.4 Å². The predicted octanol–water partition coefficient (Wildman–Crippen LogP) is 15.0. The average molecular weight is 699 g/mol. The molecule has 50 heavy (non-hydrogen) atoms. The smallest absolute Gasteiger partial charge is 0.338 e. The maximum atomic E-state index is 12.6. The van der Waals surface area contributed by atoms with Crippen molar-refractivity contribution < 1.29 is 19.1 Å². The van der Waals surface area contributed by atoms with Crippen LogP contribution in [0.5, 0.6) is 0 Å². The molecule has 0 amide bonds. The molecule has 1 rings (SSSR count). The van der Waals surface area contributed by atoms with E-state index in [-0.39, 0.29) is 11.9 Å². The van der Waals surface area contributed by atoms with E-state index >= 15 is 0 Å². The fourth-order valence-corrected chi connectivity index (χ4v) is 6.82. The highest BCUT2D eigenvalue weighted by Gasteiger charge is 2.12. The second kappa shape index (κ2) is 34.3. The predicted molar refractivity (Wildman–Crippen MR) is 215 cm³/mol. The first-order valence-corrected chi connectivity index (χ1v) is 21.8. The number of hydrogen-bond donors (Lipinski definition) is 0. The average Bonchev–Trinajstić information content (AvgIpc) is 3.10. The van der Waals surface area contributed by atoms with Gasteiger partial charge >= 0.3 is 11.9 Å². The van der Waals surface area contributed by atoms with Crippen LogP contribution in [0.4, 0.5) is 0 Å². The molecular weight excluding hydrogens is 617 g/mol. The van der Waals surface area contributed by atoms with Crippen LogP contribution in [0.25, 0.3) is 0 Å². The minimum atomic E-state index is -0.359. The van der Waals surface area contributed by atoms with Crippen molar-refractivity contribution in [2.24, 2.45) is 11.8 Å². The Morgan fingerprint density at radius 1 is 0.400 bits per heavy atom. The number of esters is 2. The zero-order chi connectivity index (χ0) is 36.3. The van der Waals surface area contributed by atoms with Crippen molar-refractivity contribution in [1.29, 1.82) is 0 Å².